The van der Waals surface area contributed by atoms with E-state index in [1.165, 1.54) is 0 Å². The molecule has 104 valence electrons. The number of hydrogen-bond acceptors (Lipinski definition) is 5. The van der Waals surface area contributed by atoms with Gasteiger partial charge in [-0.05, 0) is 13.3 Å². The zero-order valence-corrected chi connectivity index (χ0v) is 10.8. The summed E-state index contributed by atoms with van der Waals surface area (Å²) in [5, 5.41) is 13.4. The molecule has 0 saturated heterocycles. The summed E-state index contributed by atoms with van der Waals surface area (Å²) in [6.07, 6.45) is 1.99. The van der Waals surface area contributed by atoms with Crippen LogP contribution < -0.4 is 16.4 Å². The number of hydrogen-bond donors (Lipinski definition) is 3. The van der Waals surface area contributed by atoms with Crippen molar-refractivity contribution in [2.24, 2.45) is 5.73 Å². The number of aryl methyl sites for hydroxylation is 1. The molecule has 1 aromatic heterocycles. The Bertz CT molecular complexity index is 484. The van der Waals surface area contributed by atoms with E-state index in [0.29, 0.717) is 0 Å². The maximum absolute atomic E-state index is 11.6. The third-order valence-corrected chi connectivity index (χ3v) is 3.03. The molecule has 2 heterocycles. The first kappa shape index (κ1) is 13.5. The van der Waals surface area contributed by atoms with Gasteiger partial charge in [-0.15, -0.1) is 10.2 Å². The van der Waals surface area contributed by atoms with Crippen molar-refractivity contribution in [1.29, 1.82) is 0 Å². The highest BCUT2D eigenvalue weighted by atomic mass is 16.2. The average molecular weight is 266 g/mol. The van der Waals surface area contributed by atoms with Crippen LogP contribution in [0.25, 0.3) is 0 Å². The molecule has 1 aliphatic heterocycles. The molecule has 2 amide bonds. The molecule has 0 aromatic carbocycles. The minimum atomic E-state index is -0.355. The van der Waals surface area contributed by atoms with Gasteiger partial charge < -0.3 is 20.9 Å². The van der Waals surface area contributed by atoms with Crippen LogP contribution in [0.15, 0.2) is 0 Å². The monoisotopic (exact) mass is 266 g/mol. The van der Waals surface area contributed by atoms with Crippen LogP contribution >= 0.6 is 0 Å². The highest BCUT2D eigenvalue weighted by Gasteiger charge is 2.22. The maximum atomic E-state index is 11.6. The number of nitrogens with zero attached hydrogens (tertiary/aromatic N) is 3. The first-order valence-corrected chi connectivity index (χ1v) is 6.30. The normalized spacial score (nSPS) is 14.8. The van der Waals surface area contributed by atoms with Gasteiger partial charge in [0.05, 0.1) is 19.1 Å². The van der Waals surface area contributed by atoms with E-state index in [-0.39, 0.29) is 30.9 Å². The molecular weight excluding hydrogens is 248 g/mol. The second kappa shape index (κ2) is 5.79. The van der Waals surface area contributed by atoms with Crippen LogP contribution in [0.3, 0.4) is 0 Å². The summed E-state index contributed by atoms with van der Waals surface area (Å²) >= 11 is 0. The van der Waals surface area contributed by atoms with E-state index in [0.717, 1.165) is 31.0 Å². The Labute approximate surface area is 110 Å². The van der Waals surface area contributed by atoms with Crippen molar-refractivity contribution in [3.63, 3.8) is 0 Å². The molecule has 0 fully saturated rings. The number of carbonyl (C=O) groups excluding carboxylic acids is 2. The van der Waals surface area contributed by atoms with Gasteiger partial charge in [-0.3, -0.25) is 9.59 Å². The Kier molecular flexibility index (Phi) is 4.10. The first-order chi connectivity index (χ1) is 9.11. The lowest BCUT2D eigenvalue weighted by molar-refractivity contribution is -0.125. The van der Waals surface area contributed by atoms with Crippen LogP contribution in [0.5, 0.6) is 0 Å². The van der Waals surface area contributed by atoms with Crippen LogP contribution in [0.4, 0.5) is 0 Å². The molecule has 8 nitrogen and oxygen atoms in total. The fourth-order valence-electron chi connectivity index (χ4n) is 2.10. The van der Waals surface area contributed by atoms with E-state index >= 15 is 0 Å². The standard InChI is InChI=1S/C11H18N6O2/c1-7(14-10(19)6-13-9(18)5-12)11-16-15-8-3-2-4-17(8)11/h7H,2-6,12H2,1H3,(H,13,18)(H,14,19). The summed E-state index contributed by atoms with van der Waals surface area (Å²) in [6.45, 7) is 2.53. The predicted molar refractivity (Wildman–Crippen MR) is 67.0 cm³/mol. The lowest BCUT2D eigenvalue weighted by Crippen LogP contribution is -2.40. The highest BCUT2D eigenvalue weighted by Crippen LogP contribution is 2.18. The van der Waals surface area contributed by atoms with Crippen LogP contribution in [-0.4, -0.2) is 39.7 Å². The van der Waals surface area contributed by atoms with Crippen molar-refractivity contribution < 1.29 is 9.59 Å². The molecule has 19 heavy (non-hydrogen) atoms. The van der Waals surface area contributed by atoms with Gasteiger partial charge in [0.15, 0.2) is 5.82 Å². The van der Waals surface area contributed by atoms with Gasteiger partial charge in [-0.2, -0.15) is 0 Å². The third kappa shape index (κ3) is 3.08. The fourth-order valence-corrected chi connectivity index (χ4v) is 2.10. The second-order valence-corrected chi connectivity index (χ2v) is 4.50. The molecule has 2 rings (SSSR count). The molecule has 1 atom stereocenters. The number of carbonyl (C=O) groups is 2. The summed E-state index contributed by atoms with van der Waals surface area (Å²) in [4.78, 5) is 22.6. The average Bonchev–Trinajstić information content (AvgIpc) is 2.97. The van der Waals surface area contributed by atoms with E-state index in [1.54, 1.807) is 0 Å². The van der Waals surface area contributed by atoms with Gasteiger partial charge in [0.1, 0.15) is 5.82 Å². The SMILES string of the molecule is CC(NC(=O)CNC(=O)CN)c1nnc2n1CCC2. The maximum Gasteiger partial charge on any atom is 0.239 e. The summed E-state index contributed by atoms with van der Waals surface area (Å²) in [6, 6.07) is -0.235. The number of nitrogens with two attached hydrogens (primary N) is 1. The van der Waals surface area contributed by atoms with Crippen molar-refractivity contribution in [3.05, 3.63) is 11.6 Å². The quantitative estimate of drug-likeness (QED) is 0.598. The van der Waals surface area contributed by atoms with Crippen molar-refractivity contribution >= 4 is 11.8 Å². The number of aromatic nitrogens is 3. The number of rotatable bonds is 5. The molecule has 0 bridgehead atoms. The molecule has 1 aliphatic rings. The van der Waals surface area contributed by atoms with E-state index in [1.807, 2.05) is 11.5 Å². The van der Waals surface area contributed by atoms with Gasteiger partial charge in [-0.25, -0.2) is 0 Å². The minimum absolute atomic E-state index is 0.0820. The Morgan fingerprint density at radius 1 is 1.42 bits per heavy atom. The number of nitrogens with one attached hydrogen (secondary N) is 2. The van der Waals surface area contributed by atoms with Gasteiger partial charge in [0, 0.05) is 13.0 Å². The van der Waals surface area contributed by atoms with Crippen LogP contribution in [0.2, 0.25) is 0 Å². The molecule has 8 heteroatoms. The molecule has 0 radical (unpaired) electrons. The summed E-state index contributed by atoms with van der Waals surface area (Å²) in [5.41, 5.74) is 5.13. The van der Waals surface area contributed by atoms with E-state index in [4.69, 9.17) is 5.73 Å². The molecule has 1 unspecified atom stereocenters. The molecule has 4 N–H and O–H groups in total. The van der Waals surface area contributed by atoms with Gasteiger partial charge in [0.2, 0.25) is 11.8 Å². The lowest BCUT2D eigenvalue weighted by atomic mass is 10.3. The second-order valence-electron chi connectivity index (χ2n) is 4.50. The van der Waals surface area contributed by atoms with Crippen molar-refractivity contribution in [2.75, 3.05) is 13.1 Å². The Hall–Kier alpha value is -1.96. The predicted octanol–water partition coefficient (Wildman–Crippen LogP) is -1.52. The zero-order chi connectivity index (χ0) is 13.8. The summed E-state index contributed by atoms with van der Waals surface area (Å²) in [5.74, 6) is 1.09. The van der Waals surface area contributed by atoms with Crippen molar-refractivity contribution in [2.45, 2.75) is 32.4 Å². The van der Waals surface area contributed by atoms with Crippen LogP contribution in [-0.2, 0) is 22.6 Å². The largest absolute Gasteiger partial charge is 0.346 e. The third-order valence-electron chi connectivity index (χ3n) is 3.03. The minimum Gasteiger partial charge on any atom is -0.346 e. The van der Waals surface area contributed by atoms with Crippen molar-refractivity contribution in [3.8, 4) is 0 Å². The summed E-state index contributed by atoms with van der Waals surface area (Å²) < 4.78 is 2.03. The fraction of sp³-hybridized carbons (Fsp3) is 0.636. The van der Waals surface area contributed by atoms with Crippen LogP contribution in [0.1, 0.15) is 31.0 Å². The van der Waals surface area contributed by atoms with Crippen molar-refractivity contribution in [1.82, 2.24) is 25.4 Å². The van der Waals surface area contributed by atoms with E-state index in [9.17, 15) is 9.59 Å². The number of amides is 2. The van der Waals surface area contributed by atoms with E-state index < -0.39 is 0 Å². The van der Waals surface area contributed by atoms with Crippen LogP contribution in [0, 0.1) is 0 Å². The summed E-state index contributed by atoms with van der Waals surface area (Å²) in [7, 11) is 0. The first-order valence-electron chi connectivity index (χ1n) is 6.30. The zero-order valence-electron chi connectivity index (χ0n) is 10.8. The molecule has 0 aliphatic carbocycles. The molecule has 1 aromatic rings. The van der Waals surface area contributed by atoms with Gasteiger partial charge in [0.25, 0.3) is 0 Å². The van der Waals surface area contributed by atoms with E-state index in [2.05, 4.69) is 20.8 Å². The number of fused-ring (bicyclic) bond motifs is 1. The smallest absolute Gasteiger partial charge is 0.239 e. The molecular formula is C11H18N6O2. The Balaban J connectivity index is 1.88. The highest BCUT2D eigenvalue weighted by molar-refractivity contribution is 5.85. The molecule has 0 saturated carbocycles. The van der Waals surface area contributed by atoms with Gasteiger partial charge >= 0.3 is 0 Å². The lowest BCUT2D eigenvalue weighted by Gasteiger charge is -2.14. The Morgan fingerprint density at radius 3 is 2.95 bits per heavy atom. The Morgan fingerprint density at radius 2 is 2.21 bits per heavy atom. The molecule has 0 spiro atoms. The topological polar surface area (TPSA) is 115 Å². The van der Waals surface area contributed by atoms with Gasteiger partial charge in [-0.1, -0.05) is 0 Å².